The van der Waals surface area contributed by atoms with Crippen molar-refractivity contribution in [1.29, 1.82) is 0 Å². The standard InChI is InChI=1S/C15H28/c1-11-9-12(2)13(3)15(10-11)14-7-5-4-6-8-14/h11-15H,4-10H2,1-3H3. The molecule has 0 bridgehead atoms. The molecule has 2 aliphatic carbocycles. The summed E-state index contributed by atoms with van der Waals surface area (Å²) in [4.78, 5) is 0. The van der Waals surface area contributed by atoms with Crippen molar-refractivity contribution in [2.45, 2.75) is 65.7 Å². The molecule has 2 saturated carbocycles. The van der Waals surface area contributed by atoms with Crippen molar-refractivity contribution in [3.8, 4) is 0 Å². The molecule has 0 N–H and O–H groups in total. The molecule has 0 spiro atoms. The molecular formula is C15H28. The Kier molecular flexibility index (Phi) is 3.74. The molecule has 88 valence electrons. The van der Waals surface area contributed by atoms with E-state index in [9.17, 15) is 0 Å². The fraction of sp³-hybridized carbons (Fsp3) is 1.00. The van der Waals surface area contributed by atoms with Crippen LogP contribution in [0, 0.1) is 29.6 Å². The highest BCUT2D eigenvalue weighted by Crippen LogP contribution is 2.45. The third-order valence-corrected chi connectivity index (χ3v) is 5.28. The molecule has 0 aromatic rings. The minimum atomic E-state index is 0.973. The first-order chi connectivity index (χ1) is 7.18. The van der Waals surface area contributed by atoms with Gasteiger partial charge in [-0.25, -0.2) is 0 Å². The van der Waals surface area contributed by atoms with E-state index < -0.39 is 0 Å². The summed E-state index contributed by atoms with van der Waals surface area (Å²) in [6, 6.07) is 0. The van der Waals surface area contributed by atoms with Crippen LogP contribution in [0.15, 0.2) is 0 Å². The van der Waals surface area contributed by atoms with Crippen molar-refractivity contribution in [2.75, 3.05) is 0 Å². The molecule has 0 aliphatic heterocycles. The van der Waals surface area contributed by atoms with Crippen LogP contribution < -0.4 is 0 Å². The Balaban J connectivity index is 1.98. The summed E-state index contributed by atoms with van der Waals surface area (Å²) in [6.45, 7) is 7.48. The predicted octanol–water partition coefficient (Wildman–Crippen LogP) is 4.89. The molecule has 0 heteroatoms. The SMILES string of the molecule is CC1CC(C)C(C)C(C2CCCCC2)C1. The van der Waals surface area contributed by atoms with Gasteiger partial charge >= 0.3 is 0 Å². The van der Waals surface area contributed by atoms with Crippen molar-refractivity contribution in [3.63, 3.8) is 0 Å². The molecule has 2 rings (SSSR count). The van der Waals surface area contributed by atoms with Crippen molar-refractivity contribution in [3.05, 3.63) is 0 Å². The Bertz CT molecular complexity index is 190. The second kappa shape index (κ2) is 4.89. The van der Waals surface area contributed by atoms with Gasteiger partial charge in [-0.15, -0.1) is 0 Å². The van der Waals surface area contributed by atoms with Gasteiger partial charge in [0.15, 0.2) is 0 Å². The quantitative estimate of drug-likeness (QED) is 0.576. The Hall–Kier alpha value is 0. The highest BCUT2D eigenvalue weighted by Gasteiger charge is 2.35. The van der Waals surface area contributed by atoms with E-state index in [-0.39, 0.29) is 0 Å². The van der Waals surface area contributed by atoms with E-state index >= 15 is 0 Å². The molecule has 0 saturated heterocycles. The molecule has 15 heavy (non-hydrogen) atoms. The maximum Gasteiger partial charge on any atom is -0.0355 e. The molecule has 2 fully saturated rings. The Labute approximate surface area is 95.8 Å². The number of hydrogen-bond donors (Lipinski definition) is 0. The van der Waals surface area contributed by atoms with Gasteiger partial charge in [0.25, 0.3) is 0 Å². The highest BCUT2D eigenvalue weighted by atomic mass is 14.4. The van der Waals surface area contributed by atoms with Crippen LogP contribution in [0.3, 0.4) is 0 Å². The third-order valence-electron chi connectivity index (χ3n) is 5.28. The summed E-state index contributed by atoms with van der Waals surface area (Å²) in [6.07, 6.45) is 10.6. The first kappa shape index (κ1) is 11.5. The van der Waals surface area contributed by atoms with E-state index in [1.54, 1.807) is 0 Å². The highest BCUT2D eigenvalue weighted by molar-refractivity contribution is 4.85. The van der Waals surface area contributed by atoms with Crippen molar-refractivity contribution in [1.82, 2.24) is 0 Å². The average molecular weight is 208 g/mol. The van der Waals surface area contributed by atoms with Gasteiger partial charge in [0.2, 0.25) is 0 Å². The van der Waals surface area contributed by atoms with E-state index in [4.69, 9.17) is 0 Å². The van der Waals surface area contributed by atoms with Crippen LogP contribution in [-0.2, 0) is 0 Å². The van der Waals surface area contributed by atoms with Crippen LogP contribution in [0.4, 0.5) is 0 Å². The fourth-order valence-corrected chi connectivity index (χ4v) is 4.23. The van der Waals surface area contributed by atoms with Gasteiger partial charge in [0.05, 0.1) is 0 Å². The smallest absolute Gasteiger partial charge is 0.0355 e. The van der Waals surface area contributed by atoms with Crippen molar-refractivity contribution < 1.29 is 0 Å². The minimum absolute atomic E-state index is 0.973. The van der Waals surface area contributed by atoms with Crippen molar-refractivity contribution in [2.24, 2.45) is 29.6 Å². The topological polar surface area (TPSA) is 0 Å². The zero-order chi connectivity index (χ0) is 10.8. The lowest BCUT2D eigenvalue weighted by molar-refractivity contribution is 0.0710. The Morgan fingerprint density at radius 2 is 1.47 bits per heavy atom. The van der Waals surface area contributed by atoms with Crippen LogP contribution in [0.5, 0.6) is 0 Å². The van der Waals surface area contributed by atoms with Crippen LogP contribution in [0.2, 0.25) is 0 Å². The van der Waals surface area contributed by atoms with E-state index in [1.165, 1.54) is 44.9 Å². The number of rotatable bonds is 1. The molecule has 4 atom stereocenters. The van der Waals surface area contributed by atoms with Crippen LogP contribution in [0.25, 0.3) is 0 Å². The van der Waals surface area contributed by atoms with Gasteiger partial charge in [0.1, 0.15) is 0 Å². The van der Waals surface area contributed by atoms with Gasteiger partial charge < -0.3 is 0 Å². The lowest BCUT2D eigenvalue weighted by atomic mass is 9.63. The zero-order valence-electron chi connectivity index (χ0n) is 10.8. The molecule has 0 radical (unpaired) electrons. The molecule has 4 unspecified atom stereocenters. The van der Waals surface area contributed by atoms with E-state index in [2.05, 4.69) is 20.8 Å². The lowest BCUT2D eigenvalue weighted by Gasteiger charge is -2.43. The number of hydrogen-bond acceptors (Lipinski definition) is 0. The molecule has 2 aliphatic rings. The van der Waals surface area contributed by atoms with Gasteiger partial charge in [-0.2, -0.15) is 0 Å². The Morgan fingerprint density at radius 3 is 2.13 bits per heavy atom. The molecule has 0 aromatic heterocycles. The second-order valence-electron chi connectivity index (χ2n) is 6.47. The molecule has 0 heterocycles. The Morgan fingerprint density at radius 1 is 0.800 bits per heavy atom. The summed E-state index contributed by atoms with van der Waals surface area (Å²) >= 11 is 0. The average Bonchev–Trinajstić information content (AvgIpc) is 2.24. The summed E-state index contributed by atoms with van der Waals surface area (Å²) in [5.41, 5.74) is 0. The zero-order valence-corrected chi connectivity index (χ0v) is 10.8. The maximum absolute atomic E-state index is 2.52. The normalized spacial score (nSPS) is 44.2. The first-order valence-corrected chi connectivity index (χ1v) is 7.18. The van der Waals surface area contributed by atoms with E-state index in [0.29, 0.717) is 0 Å². The summed E-state index contributed by atoms with van der Waals surface area (Å²) in [7, 11) is 0. The minimum Gasteiger partial charge on any atom is -0.0625 e. The van der Waals surface area contributed by atoms with E-state index in [0.717, 1.165) is 29.6 Å². The molecule has 0 nitrogen and oxygen atoms in total. The van der Waals surface area contributed by atoms with Gasteiger partial charge in [-0.1, -0.05) is 52.9 Å². The van der Waals surface area contributed by atoms with Gasteiger partial charge in [-0.05, 0) is 42.4 Å². The second-order valence-corrected chi connectivity index (χ2v) is 6.47. The summed E-state index contributed by atoms with van der Waals surface area (Å²) in [5, 5.41) is 0. The first-order valence-electron chi connectivity index (χ1n) is 7.18. The summed E-state index contributed by atoms with van der Waals surface area (Å²) < 4.78 is 0. The molecular weight excluding hydrogens is 180 g/mol. The summed E-state index contributed by atoms with van der Waals surface area (Å²) in [5.74, 6) is 5.09. The van der Waals surface area contributed by atoms with Gasteiger partial charge in [-0.3, -0.25) is 0 Å². The van der Waals surface area contributed by atoms with Crippen molar-refractivity contribution >= 4 is 0 Å². The fourth-order valence-electron chi connectivity index (χ4n) is 4.23. The van der Waals surface area contributed by atoms with Crippen LogP contribution in [0.1, 0.15) is 65.7 Å². The van der Waals surface area contributed by atoms with Crippen LogP contribution >= 0.6 is 0 Å². The molecule has 0 aromatic carbocycles. The van der Waals surface area contributed by atoms with Crippen LogP contribution in [-0.4, -0.2) is 0 Å². The third kappa shape index (κ3) is 2.57. The monoisotopic (exact) mass is 208 g/mol. The maximum atomic E-state index is 2.52. The van der Waals surface area contributed by atoms with E-state index in [1.807, 2.05) is 0 Å². The predicted molar refractivity (Wildman–Crippen MR) is 66.8 cm³/mol. The lowest BCUT2D eigenvalue weighted by Crippen LogP contribution is -2.34. The largest absolute Gasteiger partial charge is 0.0625 e. The van der Waals surface area contributed by atoms with Gasteiger partial charge in [0, 0.05) is 0 Å². The molecule has 0 amide bonds.